The summed E-state index contributed by atoms with van der Waals surface area (Å²) in [5, 5.41) is 7.61. The van der Waals surface area contributed by atoms with E-state index in [-0.39, 0.29) is 22.2 Å². The number of thiazole rings is 1. The topological polar surface area (TPSA) is 175 Å². The molecule has 0 radical (unpaired) electrons. The van der Waals surface area contributed by atoms with E-state index in [2.05, 4.69) is 20.4 Å². The molecule has 3 N–H and O–H groups in total. The number of oxime groups is 1. The highest BCUT2D eigenvalue weighted by Crippen LogP contribution is 2.42. The van der Waals surface area contributed by atoms with Gasteiger partial charge in [0.25, 0.3) is 11.8 Å². The third kappa shape index (κ3) is 8.99. The van der Waals surface area contributed by atoms with Crippen molar-refractivity contribution in [1.29, 1.82) is 0 Å². The third-order valence-corrected chi connectivity index (χ3v) is 9.76. The number of rotatable bonds is 12. The predicted molar refractivity (Wildman–Crippen MR) is 201 cm³/mol. The van der Waals surface area contributed by atoms with Crippen molar-refractivity contribution in [2.45, 2.75) is 43.9 Å². The number of anilines is 1. The Balaban J connectivity index is 1.26. The van der Waals surface area contributed by atoms with E-state index in [1.54, 1.807) is 45.2 Å². The van der Waals surface area contributed by atoms with Gasteiger partial charge in [0.05, 0.1) is 5.69 Å². The van der Waals surface area contributed by atoms with Crippen molar-refractivity contribution in [3.63, 3.8) is 0 Å². The van der Waals surface area contributed by atoms with E-state index in [1.807, 2.05) is 72.8 Å². The predicted octanol–water partition coefficient (Wildman–Crippen LogP) is 4.88. The van der Waals surface area contributed by atoms with Crippen LogP contribution in [-0.2, 0) is 33.5 Å². The van der Waals surface area contributed by atoms with Crippen LogP contribution in [-0.4, -0.2) is 73.7 Å². The van der Waals surface area contributed by atoms with Gasteiger partial charge in [-0.25, -0.2) is 14.6 Å². The number of nitrogens with zero attached hydrogens (tertiary/aromatic N) is 4. The molecule has 1 unspecified atom stereocenters. The van der Waals surface area contributed by atoms with E-state index in [0.29, 0.717) is 17.0 Å². The Morgan fingerprint density at radius 2 is 1.70 bits per heavy atom. The minimum atomic E-state index is -1.04. The molecular formula is C38H36N6O7S2. The van der Waals surface area contributed by atoms with Crippen LogP contribution in [0.4, 0.5) is 5.13 Å². The number of carbonyl (C=O) groups is 4. The summed E-state index contributed by atoms with van der Waals surface area (Å²) in [4.78, 5) is 69.1. The first-order valence-electron chi connectivity index (χ1n) is 16.5. The highest BCUT2D eigenvalue weighted by Gasteiger charge is 2.54. The van der Waals surface area contributed by atoms with Crippen LogP contribution in [0, 0.1) is 0 Å². The number of pyridine rings is 1. The first-order valence-corrected chi connectivity index (χ1v) is 18.4. The van der Waals surface area contributed by atoms with Gasteiger partial charge in [-0.15, -0.1) is 23.1 Å². The van der Waals surface area contributed by atoms with Gasteiger partial charge in [0.15, 0.2) is 16.9 Å². The van der Waals surface area contributed by atoms with Crippen molar-refractivity contribution in [3.8, 4) is 0 Å². The van der Waals surface area contributed by atoms with Crippen LogP contribution in [0.15, 0.2) is 113 Å². The normalized spacial score (nSPS) is 17.3. The van der Waals surface area contributed by atoms with Crippen LogP contribution in [0.3, 0.4) is 0 Å². The van der Waals surface area contributed by atoms with Gasteiger partial charge in [0, 0.05) is 17.3 Å². The van der Waals surface area contributed by atoms with Gasteiger partial charge in [-0.1, -0.05) is 78.0 Å². The van der Waals surface area contributed by atoms with Crippen LogP contribution < -0.4 is 11.1 Å². The molecule has 4 heterocycles. The zero-order valence-electron chi connectivity index (χ0n) is 29.0. The fraction of sp³-hybridized carbons (Fsp3) is 0.237. The number of aromatic nitrogens is 2. The Labute approximate surface area is 313 Å². The van der Waals surface area contributed by atoms with E-state index in [0.717, 1.165) is 22.5 Å². The molecule has 6 rings (SSSR count). The van der Waals surface area contributed by atoms with Gasteiger partial charge < -0.3 is 25.4 Å². The van der Waals surface area contributed by atoms with Gasteiger partial charge >= 0.3 is 11.9 Å². The number of β-lactam (4-membered cyclic amide) rings is 1. The Morgan fingerprint density at radius 1 is 1.02 bits per heavy atom. The molecule has 1 saturated heterocycles. The number of carbonyl (C=O) groups excluding carboxylic acids is 4. The van der Waals surface area contributed by atoms with Gasteiger partial charge in [-0.2, -0.15) is 0 Å². The lowest BCUT2D eigenvalue weighted by Gasteiger charge is -2.49. The van der Waals surface area contributed by atoms with Crippen LogP contribution >= 0.6 is 23.1 Å². The van der Waals surface area contributed by atoms with Gasteiger partial charge in [0.2, 0.25) is 6.61 Å². The summed E-state index contributed by atoms with van der Waals surface area (Å²) in [7, 11) is 0. The minimum absolute atomic E-state index is 0.0650. The second-order valence-corrected chi connectivity index (χ2v) is 14.8. The van der Waals surface area contributed by atoms with Gasteiger partial charge in [0.1, 0.15) is 28.4 Å². The number of benzene rings is 2. The number of hydrogen-bond donors (Lipinski definition) is 2. The summed E-state index contributed by atoms with van der Waals surface area (Å²) in [6.45, 7) is 4.55. The van der Waals surface area contributed by atoms with Crippen LogP contribution in [0.2, 0.25) is 0 Å². The minimum Gasteiger partial charge on any atom is -0.457 e. The monoisotopic (exact) mass is 752 g/mol. The maximum atomic E-state index is 14.3. The lowest BCUT2D eigenvalue weighted by molar-refractivity contribution is -0.160. The molecule has 2 aromatic heterocycles. The second-order valence-electron chi connectivity index (χ2n) is 12.8. The number of amides is 2. The van der Waals surface area contributed by atoms with Crippen molar-refractivity contribution >= 4 is 63.8 Å². The number of thioether (sulfide) groups is 1. The Bertz CT molecular complexity index is 2020. The molecule has 0 bridgehead atoms. The number of hydrogen-bond acceptors (Lipinski definition) is 13. The second kappa shape index (κ2) is 16.3. The van der Waals surface area contributed by atoms with E-state index in [9.17, 15) is 19.2 Å². The molecule has 2 atom stereocenters. The van der Waals surface area contributed by atoms with Crippen LogP contribution in [0.25, 0.3) is 6.08 Å². The standard InChI is InChI=1S/C38H36N6O7S2/c1-38(2,3)51-28(45)20-49-43-29(27-22-53-37(39)41-27)33(46)42-30-34(47)44-31(25(21-52-35(30)44)17-18-26-16-10-11-19-40-26)36(48)50-32(23-12-6-4-7-13-23)24-14-8-5-9-15-24/h4-19,22,30,32,35H,20-21H2,1-3H3,(H2,39,41)(H,42,46)/t30?,35-/m1/s1. The molecule has 53 heavy (non-hydrogen) atoms. The molecule has 2 aliphatic heterocycles. The van der Waals surface area contributed by atoms with Gasteiger partial charge in [-0.05, 0) is 55.7 Å². The average Bonchev–Trinajstić information content (AvgIpc) is 3.58. The van der Waals surface area contributed by atoms with Crippen molar-refractivity contribution in [2.24, 2.45) is 5.16 Å². The summed E-state index contributed by atoms with van der Waals surface area (Å²) >= 11 is 2.44. The average molecular weight is 753 g/mol. The molecule has 2 aliphatic rings. The molecule has 0 spiro atoms. The largest absolute Gasteiger partial charge is 0.457 e. The van der Waals surface area contributed by atoms with E-state index in [1.165, 1.54) is 22.0 Å². The SMILES string of the molecule is CC(C)(C)OC(=O)CON=C(C(=O)NC1C(=O)N2C(C(=O)OC(c3ccccc3)c3ccccc3)=C(C=Cc3ccccn3)CS[C@H]12)c1csc(N)n1. The van der Waals surface area contributed by atoms with Crippen molar-refractivity contribution in [1.82, 2.24) is 20.2 Å². The zero-order chi connectivity index (χ0) is 37.5. The Kier molecular flexibility index (Phi) is 11.3. The van der Waals surface area contributed by atoms with E-state index < -0.39 is 53.5 Å². The molecule has 272 valence electrons. The number of nitrogens with two attached hydrogens (primary N) is 1. The van der Waals surface area contributed by atoms with Crippen LogP contribution in [0.5, 0.6) is 0 Å². The molecule has 13 nitrogen and oxygen atoms in total. The maximum Gasteiger partial charge on any atom is 0.356 e. The third-order valence-electron chi connectivity index (χ3n) is 7.79. The summed E-state index contributed by atoms with van der Waals surface area (Å²) in [6, 6.07) is 23.1. The fourth-order valence-corrected chi connectivity index (χ4v) is 7.36. The molecular weight excluding hydrogens is 717 g/mol. The Morgan fingerprint density at radius 3 is 2.30 bits per heavy atom. The Hall–Kier alpha value is -5.80. The molecule has 2 aromatic carbocycles. The molecule has 4 aromatic rings. The van der Waals surface area contributed by atoms with E-state index in [4.69, 9.17) is 20.0 Å². The van der Waals surface area contributed by atoms with Crippen molar-refractivity contribution in [2.75, 3.05) is 18.1 Å². The summed E-state index contributed by atoms with van der Waals surface area (Å²) in [6.07, 6.45) is 4.41. The molecule has 1 fully saturated rings. The van der Waals surface area contributed by atoms with Crippen molar-refractivity contribution in [3.05, 3.63) is 130 Å². The lowest BCUT2D eigenvalue weighted by atomic mass is 10.00. The quantitative estimate of drug-likeness (QED) is 0.0873. The zero-order valence-corrected chi connectivity index (χ0v) is 30.6. The number of nitrogens with one attached hydrogen (secondary N) is 1. The molecule has 0 aliphatic carbocycles. The summed E-state index contributed by atoms with van der Waals surface area (Å²) in [5.41, 5.74) is 7.65. The first-order chi connectivity index (χ1) is 25.5. The highest BCUT2D eigenvalue weighted by molar-refractivity contribution is 8.00. The van der Waals surface area contributed by atoms with E-state index >= 15 is 0 Å². The van der Waals surface area contributed by atoms with Crippen molar-refractivity contribution < 1.29 is 33.5 Å². The fourth-order valence-electron chi connectivity index (χ4n) is 5.50. The number of allylic oxidation sites excluding steroid dienone is 1. The lowest BCUT2D eigenvalue weighted by Crippen LogP contribution is -2.71. The molecule has 15 heteroatoms. The number of esters is 2. The summed E-state index contributed by atoms with van der Waals surface area (Å²) in [5.74, 6) is -2.40. The van der Waals surface area contributed by atoms with Crippen LogP contribution in [0.1, 0.15) is 49.4 Å². The summed E-state index contributed by atoms with van der Waals surface area (Å²) < 4.78 is 11.5. The molecule has 2 amide bonds. The maximum absolute atomic E-state index is 14.3. The first kappa shape index (κ1) is 37.0. The number of fused-ring (bicyclic) bond motifs is 1. The number of nitrogen functional groups attached to an aromatic ring is 1. The van der Waals surface area contributed by atoms with Gasteiger partial charge in [-0.3, -0.25) is 19.5 Å². The highest BCUT2D eigenvalue weighted by atomic mass is 32.2. The molecule has 0 saturated carbocycles. The smallest absolute Gasteiger partial charge is 0.356 e. The number of ether oxygens (including phenoxy) is 2.